The number of amides is 1. The first kappa shape index (κ1) is 12.4. The van der Waals surface area contributed by atoms with Crippen molar-refractivity contribution in [2.75, 3.05) is 6.61 Å². The molecule has 92 valence electrons. The van der Waals surface area contributed by atoms with E-state index >= 15 is 0 Å². The summed E-state index contributed by atoms with van der Waals surface area (Å²) in [6.45, 7) is 0.0151. The zero-order chi connectivity index (χ0) is 12.3. The molecule has 1 aliphatic carbocycles. The third kappa shape index (κ3) is 2.79. The Balaban J connectivity index is 1.96. The van der Waals surface area contributed by atoms with Gasteiger partial charge in [0.2, 0.25) is 5.91 Å². The van der Waals surface area contributed by atoms with Gasteiger partial charge in [0.05, 0.1) is 18.6 Å². The summed E-state index contributed by atoms with van der Waals surface area (Å²) in [6.07, 6.45) is 3.05. The molecule has 17 heavy (non-hydrogen) atoms. The Morgan fingerprint density at radius 1 is 1.41 bits per heavy atom. The minimum atomic E-state index is -0.377. The zero-order valence-electron chi connectivity index (χ0n) is 9.58. The van der Waals surface area contributed by atoms with Gasteiger partial charge in [0, 0.05) is 5.02 Å². The third-order valence-corrected chi connectivity index (χ3v) is 3.70. The molecule has 1 amide bonds. The summed E-state index contributed by atoms with van der Waals surface area (Å²) in [6, 6.07) is 7.31. The molecule has 0 radical (unpaired) electrons. The Labute approximate surface area is 106 Å². The standard InChI is InChI=1S/C13H16ClNO2/c14-11-5-2-1-4-10(11)8-12(17)15-13(9-16)6-3-7-13/h1-2,4-5,16H,3,6-9H2,(H,15,17). The van der Waals surface area contributed by atoms with Crippen LogP contribution < -0.4 is 5.32 Å². The lowest BCUT2D eigenvalue weighted by Gasteiger charge is -2.41. The molecule has 0 saturated heterocycles. The number of halogens is 1. The van der Waals surface area contributed by atoms with Gasteiger partial charge in [-0.3, -0.25) is 4.79 Å². The highest BCUT2D eigenvalue weighted by Crippen LogP contribution is 2.31. The van der Waals surface area contributed by atoms with Gasteiger partial charge in [-0.05, 0) is 30.9 Å². The molecule has 4 heteroatoms. The molecule has 1 aliphatic rings. The van der Waals surface area contributed by atoms with Crippen molar-refractivity contribution in [2.24, 2.45) is 0 Å². The molecule has 0 bridgehead atoms. The van der Waals surface area contributed by atoms with Crippen LogP contribution in [0.4, 0.5) is 0 Å². The SMILES string of the molecule is O=C(Cc1ccccc1Cl)NC1(CO)CCC1. The number of aliphatic hydroxyl groups excluding tert-OH is 1. The van der Waals surface area contributed by atoms with Gasteiger partial charge in [0.1, 0.15) is 0 Å². The van der Waals surface area contributed by atoms with E-state index in [0.717, 1.165) is 24.8 Å². The number of benzene rings is 1. The van der Waals surface area contributed by atoms with E-state index in [1.54, 1.807) is 6.07 Å². The number of hydrogen-bond acceptors (Lipinski definition) is 2. The van der Waals surface area contributed by atoms with Gasteiger partial charge in [-0.25, -0.2) is 0 Å². The second kappa shape index (κ2) is 5.07. The van der Waals surface area contributed by atoms with Gasteiger partial charge in [0.15, 0.2) is 0 Å². The number of carbonyl (C=O) groups is 1. The lowest BCUT2D eigenvalue weighted by atomic mass is 9.77. The van der Waals surface area contributed by atoms with E-state index < -0.39 is 0 Å². The molecule has 0 aromatic heterocycles. The number of nitrogens with one attached hydrogen (secondary N) is 1. The van der Waals surface area contributed by atoms with E-state index in [2.05, 4.69) is 5.32 Å². The first-order chi connectivity index (χ1) is 8.15. The lowest BCUT2D eigenvalue weighted by molar-refractivity contribution is -0.124. The number of hydrogen-bond donors (Lipinski definition) is 2. The van der Waals surface area contributed by atoms with Gasteiger partial charge in [0.25, 0.3) is 0 Å². The second-order valence-electron chi connectivity index (χ2n) is 4.61. The average Bonchev–Trinajstić information content (AvgIpc) is 2.27. The first-order valence-electron chi connectivity index (χ1n) is 5.80. The molecule has 0 spiro atoms. The van der Waals surface area contributed by atoms with Gasteiger partial charge in [-0.15, -0.1) is 0 Å². The first-order valence-corrected chi connectivity index (χ1v) is 6.18. The van der Waals surface area contributed by atoms with E-state index in [1.807, 2.05) is 18.2 Å². The fourth-order valence-electron chi connectivity index (χ4n) is 2.08. The molecule has 0 unspecified atom stereocenters. The van der Waals surface area contributed by atoms with E-state index in [4.69, 9.17) is 11.6 Å². The van der Waals surface area contributed by atoms with Gasteiger partial charge in [-0.2, -0.15) is 0 Å². The van der Waals surface area contributed by atoms with Crippen LogP contribution in [0.1, 0.15) is 24.8 Å². The van der Waals surface area contributed by atoms with Gasteiger partial charge in [-0.1, -0.05) is 29.8 Å². The third-order valence-electron chi connectivity index (χ3n) is 3.33. The van der Waals surface area contributed by atoms with Crippen LogP contribution in [0.3, 0.4) is 0 Å². The van der Waals surface area contributed by atoms with Crippen LogP contribution in [0.2, 0.25) is 5.02 Å². The maximum Gasteiger partial charge on any atom is 0.224 e. The predicted molar refractivity (Wildman–Crippen MR) is 67.0 cm³/mol. The highest BCUT2D eigenvalue weighted by atomic mass is 35.5. The maximum absolute atomic E-state index is 11.9. The minimum absolute atomic E-state index is 0.0151. The topological polar surface area (TPSA) is 49.3 Å². The summed E-state index contributed by atoms with van der Waals surface area (Å²) in [4.78, 5) is 11.9. The Bertz CT molecular complexity index is 410. The zero-order valence-corrected chi connectivity index (χ0v) is 10.3. The van der Waals surface area contributed by atoms with Crippen molar-refractivity contribution in [3.05, 3.63) is 34.9 Å². The summed E-state index contributed by atoms with van der Waals surface area (Å²) in [5.74, 6) is -0.0770. The molecule has 2 rings (SSSR count). The molecule has 1 aromatic rings. The Hall–Kier alpha value is -1.06. The number of aliphatic hydroxyl groups is 1. The van der Waals surface area contributed by atoms with Crippen molar-refractivity contribution >= 4 is 17.5 Å². The van der Waals surface area contributed by atoms with Crippen LogP contribution >= 0.6 is 11.6 Å². The molecule has 3 nitrogen and oxygen atoms in total. The summed E-state index contributed by atoms with van der Waals surface area (Å²) in [5.41, 5.74) is 0.442. The van der Waals surface area contributed by atoms with Crippen LogP contribution in [0.15, 0.2) is 24.3 Å². The second-order valence-corrected chi connectivity index (χ2v) is 5.02. The molecule has 0 heterocycles. The van der Waals surface area contributed by atoms with E-state index in [9.17, 15) is 9.90 Å². The molecule has 1 aromatic carbocycles. The Kier molecular flexibility index (Phi) is 3.69. The van der Waals surface area contributed by atoms with Crippen LogP contribution in [0.25, 0.3) is 0 Å². The van der Waals surface area contributed by atoms with Crippen molar-refractivity contribution in [3.63, 3.8) is 0 Å². The molecule has 0 atom stereocenters. The van der Waals surface area contributed by atoms with E-state index in [1.165, 1.54) is 0 Å². The van der Waals surface area contributed by atoms with Crippen LogP contribution in [-0.4, -0.2) is 23.2 Å². The molecular weight excluding hydrogens is 238 g/mol. The highest BCUT2D eigenvalue weighted by molar-refractivity contribution is 6.31. The Morgan fingerprint density at radius 2 is 2.12 bits per heavy atom. The van der Waals surface area contributed by atoms with Crippen molar-refractivity contribution in [2.45, 2.75) is 31.2 Å². The van der Waals surface area contributed by atoms with Crippen LogP contribution in [-0.2, 0) is 11.2 Å². The molecular formula is C13H16ClNO2. The fourth-order valence-corrected chi connectivity index (χ4v) is 2.28. The molecule has 0 aliphatic heterocycles. The smallest absolute Gasteiger partial charge is 0.224 e. The normalized spacial score (nSPS) is 17.3. The summed E-state index contributed by atoms with van der Waals surface area (Å²) < 4.78 is 0. The van der Waals surface area contributed by atoms with Crippen molar-refractivity contribution in [3.8, 4) is 0 Å². The Morgan fingerprint density at radius 3 is 2.65 bits per heavy atom. The van der Waals surface area contributed by atoms with E-state index in [0.29, 0.717) is 5.02 Å². The monoisotopic (exact) mass is 253 g/mol. The van der Waals surface area contributed by atoms with Crippen molar-refractivity contribution in [1.29, 1.82) is 0 Å². The van der Waals surface area contributed by atoms with Crippen molar-refractivity contribution < 1.29 is 9.90 Å². The molecule has 1 saturated carbocycles. The average molecular weight is 254 g/mol. The van der Waals surface area contributed by atoms with Crippen molar-refractivity contribution in [1.82, 2.24) is 5.32 Å². The minimum Gasteiger partial charge on any atom is -0.394 e. The highest BCUT2D eigenvalue weighted by Gasteiger charge is 2.37. The number of carbonyl (C=O) groups excluding carboxylic acids is 1. The van der Waals surface area contributed by atoms with Gasteiger partial charge < -0.3 is 10.4 Å². The van der Waals surface area contributed by atoms with E-state index in [-0.39, 0.29) is 24.5 Å². The van der Waals surface area contributed by atoms with Crippen LogP contribution in [0, 0.1) is 0 Å². The molecule has 2 N–H and O–H groups in total. The quantitative estimate of drug-likeness (QED) is 0.861. The summed E-state index contributed by atoms with van der Waals surface area (Å²) >= 11 is 5.99. The summed E-state index contributed by atoms with van der Waals surface area (Å²) in [5, 5.41) is 12.8. The summed E-state index contributed by atoms with van der Waals surface area (Å²) in [7, 11) is 0. The largest absolute Gasteiger partial charge is 0.394 e. The lowest BCUT2D eigenvalue weighted by Crippen LogP contribution is -2.56. The fraction of sp³-hybridized carbons (Fsp3) is 0.462. The predicted octanol–water partition coefficient (Wildman–Crippen LogP) is 1.91. The molecule has 1 fully saturated rings. The maximum atomic E-state index is 11.9. The van der Waals surface area contributed by atoms with Crippen LogP contribution in [0.5, 0.6) is 0 Å². The van der Waals surface area contributed by atoms with Gasteiger partial charge >= 0.3 is 0 Å². The number of rotatable bonds is 4.